The van der Waals surface area contributed by atoms with Crippen LogP contribution in [-0.2, 0) is 0 Å². The van der Waals surface area contributed by atoms with Crippen molar-refractivity contribution in [1.82, 2.24) is 5.32 Å². The zero-order chi connectivity index (χ0) is 3.54. The Morgan fingerprint density at radius 1 is 1.50 bits per heavy atom. The molecule has 2 heteroatoms. The first-order valence-electron chi connectivity index (χ1n) is 1.88. The van der Waals surface area contributed by atoms with Crippen molar-refractivity contribution in [2.24, 2.45) is 0 Å². The van der Waals surface area contributed by atoms with E-state index in [-0.39, 0.29) is 4.70 Å². The molecule has 6 heavy (non-hydrogen) atoms. The Kier molecular flexibility index (Phi) is 2.46. The monoisotopic (exact) mass is 89.1 g/mol. The van der Waals surface area contributed by atoms with E-state index in [2.05, 4.69) is 11.4 Å². The zero-order valence-corrected chi connectivity index (χ0v) is 3.48. The predicted octanol–water partition coefficient (Wildman–Crippen LogP) is 0.646. The lowest BCUT2D eigenvalue weighted by atomic mass is 10.5. The van der Waals surface area contributed by atoms with Gasteiger partial charge in [0.2, 0.25) is 0 Å². The molecule has 0 amide bonds. The molecule has 1 N–H and O–H groups in total. The van der Waals surface area contributed by atoms with Gasteiger partial charge in [0.1, 0.15) is 0 Å². The highest BCUT2D eigenvalue weighted by Gasteiger charge is 1.81. The van der Waals surface area contributed by atoms with Gasteiger partial charge in [0, 0.05) is 6.54 Å². The molecule has 0 radical (unpaired) electrons. The van der Waals surface area contributed by atoms with Gasteiger partial charge in [0.15, 0.2) is 0 Å². The largest absolute Gasteiger partial charge is 0.391 e. The molecule has 0 saturated carbocycles. The maximum atomic E-state index is 3.04. The van der Waals surface area contributed by atoms with Crippen LogP contribution in [0.5, 0.6) is 0 Å². The van der Waals surface area contributed by atoms with E-state index in [1.807, 2.05) is 6.20 Å². The standard InChI is InChI=1S/C4H7N.FH/c1-2-4-5-3-1;/h1,3,5H,2,4H2;1H. The molecule has 0 saturated heterocycles. The third-order valence-corrected chi connectivity index (χ3v) is 0.691. The molecule has 0 aliphatic carbocycles. The molecule has 1 aliphatic heterocycles. The lowest BCUT2D eigenvalue weighted by Gasteiger charge is -1.78. The number of hydrogen-bond acceptors (Lipinski definition) is 1. The highest BCUT2D eigenvalue weighted by molar-refractivity contribution is 4.86. The van der Waals surface area contributed by atoms with Crippen LogP contribution in [-0.4, -0.2) is 6.54 Å². The fourth-order valence-electron chi connectivity index (χ4n) is 0.417. The average molecular weight is 89.1 g/mol. The van der Waals surface area contributed by atoms with Crippen LogP contribution in [0.3, 0.4) is 0 Å². The number of halogens is 1. The van der Waals surface area contributed by atoms with Gasteiger partial charge in [-0.05, 0) is 12.6 Å². The van der Waals surface area contributed by atoms with E-state index in [0.29, 0.717) is 0 Å². The SMILES string of the molecule is C1=CNCC1.F. The van der Waals surface area contributed by atoms with Crippen molar-refractivity contribution in [3.63, 3.8) is 0 Å². The molecule has 0 aromatic heterocycles. The third-order valence-electron chi connectivity index (χ3n) is 0.691. The van der Waals surface area contributed by atoms with Gasteiger partial charge in [-0.3, -0.25) is 4.70 Å². The molecular formula is C4H8FN. The van der Waals surface area contributed by atoms with E-state index >= 15 is 0 Å². The minimum absolute atomic E-state index is 0. The summed E-state index contributed by atoms with van der Waals surface area (Å²) in [5, 5.41) is 3.04. The van der Waals surface area contributed by atoms with Gasteiger partial charge < -0.3 is 5.32 Å². The van der Waals surface area contributed by atoms with Gasteiger partial charge in [0.25, 0.3) is 0 Å². The Morgan fingerprint density at radius 2 is 2.33 bits per heavy atom. The minimum Gasteiger partial charge on any atom is -0.391 e. The summed E-state index contributed by atoms with van der Waals surface area (Å²) in [5.41, 5.74) is 0. The molecular weight excluding hydrogens is 81.0 g/mol. The normalized spacial score (nSPS) is 16.0. The Labute approximate surface area is 36.4 Å². The fraction of sp³-hybridized carbons (Fsp3) is 0.500. The lowest BCUT2D eigenvalue weighted by Crippen LogP contribution is -1.96. The summed E-state index contributed by atoms with van der Waals surface area (Å²) in [6.45, 7) is 1.14. The maximum absolute atomic E-state index is 3.04. The van der Waals surface area contributed by atoms with Gasteiger partial charge in [-0.2, -0.15) is 0 Å². The van der Waals surface area contributed by atoms with Crippen molar-refractivity contribution in [3.05, 3.63) is 12.3 Å². The summed E-state index contributed by atoms with van der Waals surface area (Å²) in [6, 6.07) is 0. The van der Waals surface area contributed by atoms with Crippen molar-refractivity contribution in [3.8, 4) is 0 Å². The molecule has 0 spiro atoms. The number of nitrogens with one attached hydrogen (secondary N) is 1. The average Bonchev–Trinajstić information content (AvgIpc) is 1.76. The second-order valence-corrected chi connectivity index (χ2v) is 1.15. The molecule has 0 bridgehead atoms. The molecule has 1 aliphatic rings. The topological polar surface area (TPSA) is 12.0 Å². The first-order chi connectivity index (χ1) is 2.50. The smallest absolute Gasteiger partial charge is 0.0176 e. The lowest BCUT2D eigenvalue weighted by molar-refractivity contribution is 0.917. The Hall–Kier alpha value is -0.530. The second-order valence-electron chi connectivity index (χ2n) is 1.15. The zero-order valence-electron chi connectivity index (χ0n) is 3.48. The molecule has 1 rings (SSSR count). The van der Waals surface area contributed by atoms with E-state index < -0.39 is 0 Å². The van der Waals surface area contributed by atoms with Crippen LogP contribution in [0.2, 0.25) is 0 Å². The molecule has 0 fully saturated rings. The van der Waals surface area contributed by atoms with Crippen LogP contribution >= 0.6 is 0 Å². The summed E-state index contributed by atoms with van der Waals surface area (Å²) >= 11 is 0. The van der Waals surface area contributed by atoms with E-state index in [1.165, 1.54) is 6.42 Å². The summed E-state index contributed by atoms with van der Waals surface area (Å²) in [4.78, 5) is 0. The van der Waals surface area contributed by atoms with Crippen LogP contribution in [0, 0.1) is 0 Å². The van der Waals surface area contributed by atoms with E-state index in [4.69, 9.17) is 0 Å². The summed E-state index contributed by atoms with van der Waals surface area (Å²) in [6.07, 6.45) is 5.32. The van der Waals surface area contributed by atoms with Crippen LogP contribution < -0.4 is 5.32 Å². The number of rotatable bonds is 0. The third kappa shape index (κ3) is 1.06. The number of hydrogen-bond donors (Lipinski definition) is 1. The first-order valence-corrected chi connectivity index (χ1v) is 1.88. The summed E-state index contributed by atoms with van der Waals surface area (Å²) in [5.74, 6) is 0. The Morgan fingerprint density at radius 3 is 2.50 bits per heavy atom. The van der Waals surface area contributed by atoms with Gasteiger partial charge in [-0.1, -0.05) is 6.08 Å². The van der Waals surface area contributed by atoms with Crippen molar-refractivity contribution < 1.29 is 4.70 Å². The summed E-state index contributed by atoms with van der Waals surface area (Å²) < 4.78 is 0. The fourth-order valence-corrected chi connectivity index (χ4v) is 0.417. The van der Waals surface area contributed by atoms with Crippen LogP contribution in [0.15, 0.2) is 12.3 Å². The van der Waals surface area contributed by atoms with Crippen LogP contribution in [0.25, 0.3) is 0 Å². The Bertz CT molecular complexity index is 45.5. The Balaban J connectivity index is 0.000000250. The van der Waals surface area contributed by atoms with Gasteiger partial charge in [0.05, 0.1) is 0 Å². The summed E-state index contributed by atoms with van der Waals surface area (Å²) in [7, 11) is 0. The van der Waals surface area contributed by atoms with Crippen molar-refractivity contribution in [2.75, 3.05) is 6.54 Å². The molecule has 0 unspecified atom stereocenters. The molecule has 1 heterocycles. The van der Waals surface area contributed by atoms with Crippen molar-refractivity contribution in [1.29, 1.82) is 0 Å². The minimum atomic E-state index is 0. The van der Waals surface area contributed by atoms with E-state index in [1.54, 1.807) is 0 Å². The van der Waals surface area contributed by atoms with Gasteiger partial charge >= 0.3 is 0 Å². The quantitative estimate of drug-likeness (QED) is 0.459. The van der Waals surface area contributed by atoms with Crippen molar-refractivity contribution >= 4 is 0 Å². The van der Waals surface area contributed by atoms with Gasteiger partial charge in [-0.15, -0.1) is 0 Å². The second kappa shape index (κ2) is 2.69. The van der Waals surface area contributed by atoms with E-state index in [9.17, 15) is 0 Å². The van der Waals surface area contributed by atoms with Gasteiger partial charge in [-0.25, -0.2) is 0 Å². The highest BCUT2D eigenvalue weighted by atomic mass is 19.0. The first kappa shape index (κ1) is 5.47. The maximum Gasteiger partial charge on any atom is 0.0176 e. The molecule has 0 aromatic carbocycles. The van der Waals surface area contributed by atoms with Crippen molar-refractivity contribution in [2.45, 2.75) is 6.42 Å². The van der Waals surface area contributed by atoms with E-state index in [0.717, 1.165) is 6.54 Å². The van der Waals surface area contributed by atoms with Crippen LogP contribution in [0.4, 0.5) is 4.70 Å². The molecule has 1 nitrogen and oxygen atoms in total. The predicted molar refractivity (Wildman–Crippen MR) is 24.3 cm³/mol. The molecule has 0 aromatic rings. The highest BCUT2D eigenvalue weighted by Crippen LogP contribution is 1.84. The van der Waals surface area contributed by atoms with Crippen LogP contribution in [0.1, 0.15) is 6.42 Å². The molecule has 0 atom stereocenters. The molecule has 36 valence electrons.